The van der Waals surface area contributed by atoms with Crippen LogP contribution in [0.5, 0.6) is 0 Å². The van der Waals surface area contributed by atoms with Gasteiger partial charge in [0.15, 0.2) is 5.76 Å². The van der Waals surface area contributed by atoms with E-state index in [0.29, 0.717) is 22.5 Å². The van der Waals surface area contributed by atoms with Gasteiger partial charge in [0.2, 0.25) is 0 Å². The minimum absolute atomic E-state index is 0.0228. The molecular weight excluding hydrogens is 454 g/mol. The predicted molar refractivity (Wildman–Crippen MR) is 113 cm³/mol. The van der Waals surface area contributed by atoms with Crippen molar-refractivity contribution in [3.8, 4) is 22.6 Å². The molecule has 0 unspecified atom stereocenters. The van der Waals surface area contributed by atoms with Crippen LogP contribution in [0.2, 0.25) is 0 Å². The zero-order valence-electron chi connectivity index (χ0n) is 18.0. The van der Waals surface area contributed by atoms with Gasteiger partial charge >= 0.3 is 6.18 Å². The number of hydrogen-bond donors (Lipinski definition) is 0. The lowest BCUT2D eigenvalue weighted by molar-refractivity contribution is -0.138. The standard InChI is InChI=1S/C23H17F4N5O2/c1-12-5-16(3-4-18(12)23(25,26)27)31-11-13(2)32-21(22(31)33)17(10-29-32)19-7-20(34-30-19)14-6-15(24)9-28-8-14/h3-10,13H,11H2,1-2H3/t13-/m0/s1. The van der Waals surface area contributed by atoms with E-state index in [1.807, 2.05) is 6.92 Å². The molecule has 0 radical (unpaired) electrons. The molecule has 11 heteroatoms. The van der Waals surface area contributed by atoms with Gasteiger partial charge in [0.05, 0.1) is 29.6 Å². The van der Waals surface area contributed by atoms with Crippen molar-refractivity contribution in [2.24, 2.45) is 0 Å². The highest BCUT2D eigenvalue weighted by Crippen LogP contribution is 2.37. The molecule has 1 aliphatic rings. The van der Waals surface area contributed by atoms with Crippen LogP contribution in [-0.2, 0) is 6.18 Å². The minimum Gasteiger partial charge on any atom is -0.356 e. The Balaban J connectivity index is 1.52. The largest absolute Gasteiger partial charge is 0.416 e. The normalized spacial score (nSPS) is 16.1. The number of pyridine rings is 1. The average molecular weight is 471 g/mol. The number of amides is 1. The number of fused-ring (bicyclic) bond motifs is 1. The van der Waals surface area contributed by atoms with E-state index in [9.17, 15) is 22.4 Å². The van der Waals surface area contributed by atoms with E-state index < -0.39 is 23.5 Å². The molecule has 0 bridgehead atoms. The molecule has 0 N–H and O–H groups in total. The van der Waals surface area contributed by atoms with Crippen molar-refractivity contribution in [2.45, 2.75) is 26.1 Å². The predicted octanol–water partition coefficient (Wildman–Crippen LogP) is 5.29. The summed E-state index contributed by atoms with van der Waals surface area (Å²) in [7, 11) is 0. The first-order valence-electron chi connectivity index (χ1n) is 10.3. The van der Waals surface area contributed by atoms with Crippen molar-refractivity contribution >= 4 is 11.6 Å². The number of anilines is 1. The summed E-state index contributed by atoms with van der Waals surface area (Å²) in [6, 6.07) is 6.16. The fourth-order valence-corrected chi connectivity index (χ4v) is 4.09. The summed E-state index contributed by atoms with van der Waals surface area (Å²) in [5, 5.41) is 8.33. The van der Waals surface area contributed by atoms with Crippen LogP contribution in [0.4, 0.5) is 23.2 Å². The van der Waals surface area contributed by atoms with Gasteiger partial charge in [0, 0.05) is 30.1 Å². The van der Waals surface area contributed by atoms with Crippen LogP contribution in [0.25, 0.3) is 22.6 Å². The van der Waals surface area contributed by atoms with E-state index in [-0.39, 0.29) is 29.6 Å². The molecular formula is C23H17F4N5O2. The Kier molecular flexibility index (Phi) is 4.99. The van der Waals surface area contributed by atoms with Crippen molar-refractivity contribution in [3.05, 3.63) is 71.6 Å². The number of rotatable bonds is 3. The van der Waals surface area contributed by atoms with Crippen molar-refractivity contribution in [3.63, 3.8) is 0 Å². The second-order valence-electron chi connectivity index (χ2n) is 8.08. The molecule has 1 atom stereocenters. The number of carbonyl (C=O) groups excluding carboxylic acids is 1. The van der Waals surface area contributed by atoms with Crippen LogP contribution in [0.3, 0.4) is 0 Å². The van der Waals surface area contributed by atoms with Crippen LogP contribution in [0.1, 0.15) is 34.6 Å². The Labute approximate surface area is 190 Å². The van der Waals surface area contributed by atoms with Gasteiger partial charge in [-0.1, -0.05) is 5.16 Å². The Hall–Kier alpha value is -4.02. The summed E-state index contributed by atoms with van der Waals surface area (Å²) in [6.45, 7) is 3.44. The first kappa shape index (κ1) is 21.8. The molecule has 5 rings (SSSR count). The van der Waals surface area contributed by atoms with Gasteiger partial charge < -0.3 is 9.42 Å². The summed E-state index contributed by atoms with van der Waals surface area (Å²) in [4.78, 5) is 18.7. The van der Waals surface area contributed by atoms with Gasteiger partial charge in [-0.15, -0.1) is 0 Å². The maximum absolute atomic E-state index is 13.5. The molecule has 1 amide bonds. The summed E-state index contributed by atoms with van der Waals surface area (Å²) >= 11 is 0. The summed E-state index contributed by atoms with van der Waals surface area (Å²) < 4.78 is 59.9. The smallest absolute Gasteiger partial charge is 0.356 e. The molecule has 174 valence electrons. The van der Waals surface area contributed by atoms with Crippen molar-refractivity contribution in [2.75, 3.05) is 11.4 Å². The molecule has 1 aliphatic heterocycles. The Morgan fingerprint density at radius 2 is 1.91 bits per heavy atom. The maximum atomic E-state index is 13.5. The van der Waals surface area contributed by atoms with E-state index in [1.54, 1.807) is 10.7 Å². The second-order valence-corrected chi connectivity index (χ2v) is 8.08. The van der Waals surface area contributed by atoms with E-state index >= 15 is 0 Å². The van der Waals surface area contributed by atoms with Crippen molar-refractivity contribution in [1.82, 2.24) is 19.9 Å². The van der Waals surface area contributed by atoms with Crippen LogP contribution < -0.4 is 4.90 Å². The molecule has 34 heavy (non-hydrogen) atoms. The topological polar surface area (TPSA) is 77.1 Å². The minimum atomic E-state index is -4.48. The molecule has 7 nitrogen and oxygen atoms in total. The molecule has 4 aromatic rings. The Morgan fingerprint density at radius 3 is 2.62 bits per heavy atom. The van der Waals surface area contributed by atoms with Crippen LogP contribution in [0, 0.1) is 12.7 Å². The van der Waals surface area contributed by atoms with Crippen LogP contribution in [0.15, 0.2) is 53.4 Å². The number of carbonyl (C=O) groups is 1. The van der Waals surface area contributed by atoms with Gasteiger partial charge in [-0.05, 0) is 43.7 Å². The third kappa shape index (κ3) is 3.62. The second kappa shape index (κ2) is 7.79. The summed E-state index contributed by atoms with van der Waals surface area (Å²) in [5.74, 6) is -0.708. The number of benzene rings is 1. The molecule has 0 spiro atoms. The quantitative estimate of drug-likeness (QED) is 0.380. The van der Waals surface area contributed by atoms with Gasteiger partial charge in [-0.25, -0.2) is 4.39 Å². The third-order valence-corrected chi connectivity index (χ3v) is 5.71. The fourth-order valence-electron chi connectivity index (χ4n) is 4.09. The lowest BCUT2D eigenvalue weighted by Gasteiger charge is -2.32. The highest BCUT2D eigenvalue weighted by atomic mass is 19.4. The van der Waals surface area contributed by atoms with Gasteiger partial charge in [-0.3, -0.25) is 14.5 Å². The molecule has 0 aliphatic carbocycles. The highest BCUT2D eigenvalue weighted by Gasteiger charge is 2.36. The lowest BCUT2D eigenvalue weighted by Crippen LogP contribution is -2.42. The number of aryl methyl sites for hydroxylation is 1. The average Bonchev–Trinajstić information content (AvgIpc) is 3.43. The van der Waals surface area contributed by atoms with E-state index in [0.717, 1.165) is 12.3 Å². The van der Waals surface area contributed by atoms with Gasteiger partial charge in [-0.2, -0.15) is 18.3 Å². The van der Waals surface area contributed by atoms with Crippen molar-refractivity contribution in [1.29, 1.82) is 0 Å². The van der Waals surface area contributed by atoms with Gasteiger partial charge in [0.25, 0.3) is 5.91 Å². The monoisotopic (exact) mass is 471 g/mol. The number of nitrogens with zero attached hydrogens (tertiary/aromatic N) is 5. The van der Waals surface area contributed by atoms with Crippen LogP contribution in [-0.4, -0.2) is 32.4 Å². The van der Waals surface area contributed by atoms with Crippen molar-refractivity contribution < 1.29 is 26.9 Å². The molecule has 4 heterocycles. The third-order valence-electron chi connectivity index (χ3n) is 5.71. The first-order valence-corrected chi connectivity index (χ1v) is 10.3. The fraction of sp³-hybridized carbons (Fsp3) is 0.217. The Bertz CT molecular complexity index is 1410. The zero-order chi connectivity index (χ0) is 24.2. The molecule has 0 saturated carbocycles. The molecule has 1 aromatic carbocycles. The summed E-state index contributed by atoms with van der Waals surface area (Å²) in [5.41, 5.74) is 0.939. The summed E-state index contributed by atoms with van der Waals surface area (Å²) in [6.07, 6.45) is -0.513. The number of halogens is 4. The number of aromatic nitrogens is 4. The molecule has 0 saturated heterocycles. The number of hydrogen-bond acceptors (Lipinski definition) is 5. The van der Waals surface area contributed by atoms with E-state index in [1.165, 1.54) is 42.4 Å². The zero-order valence-corrected chi connectivity index (χ0v) is 18.0. The van der Waals surface area contributed by atoms with Crippen LogP contribution >= 0.6 is 0 Å². The maximum Gasteiger partial charge on any atom is 0.416 e. The number of alkyl halides is 3. The van der Waals surface area contributed by atoms with E-state index in [4.69, 9.17) is 4.52 Å². The first-order chi connectivity index (χ1) is 16.1. The van der Waals surface area contributed by atoms with E-state index in [2.05, 4.69) is 15.2 Å². The SMILES string of the molecule is Cc1cc(N2C[C@H](C)n3ncc(-c4cc(-c5cncc(F)c5)on4)c3C2=O)ccc1C(F)(F)F. The lowest BCUT2D eigenvalue weighted by atomic mass is 10.0. The molecule has 0 fully saturated rings. The molecule has 3 aromatic heterocycles. The Morgan fingerprint density at radius 1 is 1.12 bits per heavy atom. The highest BCUT2D eigenvalue weighted by molar-refractivity contribution is 6.09. The van der Waals surface area contributed by atoms with Gasteiger partial charge in [0.1, 0.15) is 17.2 Å².